The van der Waals surface area contributed by atoms with Crippen LogP contribution in [0.3, 0.4) is 0 Å². The molecule has 7 heteroatoms. The highest BCUT2D eigenvalue weighted by atomic mass is 79.9. The summed E-state index contributed by atoms with van der Waals surface area (Å²) in [4.78, 5) is 25.0. The molecule has 4 rings (SSSR count). The van der Waals surface area contributed by atoms with E-state index in [2.05, 4.69) is 21.2 Å². The maximum absolute atomic E-state index is 12.5. The highest BCUT2D eigenvalue weighted by molar-refractivity contribution is 9.10. The first-order valence-electron chi connectivity index (χ1n) is 8.09. The fourth-order valence-electron chi connectivity index (χ4n) is 3.42. The summed E-state index contributed by atoms with van der Waals surface area (Å²) < 4.78 is 2.70. The number of rotatable bonds is 4. The molecule has 3 aromatic rings. The van der Waals surface area contributed by atoms with Crippen LogP contribution in [0.15, 0.2) is 41.0 Å². The van der Waals surface area contributed by atoms with Gasteiger partial charge in [-0.25, -0.2) is 0 Å². The Bertz CT molecular complexity index is 1070. The predicted molar refractivity (Wildman–Crippen MR) is 104 cm³/mol. The minimum atomic E-state index is -0.420. The van der Waals surface area contributed by atoms with Crippen LogP contribution in [0.4, 0.5) is 0 Å². The lowest BCUT2D eigenvalue weighted by Gasteiger charge is -2.12. The molecule has 5 nitrogen and oxygen atoms in total. The predicted octanol–water partition coefficient (Wildman–Crippen LogP) is 3.99. The fourth-order valence-corrected chi connectivity index (χ4v) is 4.30. The molecule has 26 heavy (non-hydrogen) atoms. The van der Waals surface area contributed by atoms with E-state index in [1.807, 2.05) is 35.0 Å². The summed E-state index contributed by atoms with van der Waals surface area (Å²) in [5.41, 5.74) is 2.83. The fraction of sp³-hybridized carbons (Fsp3) is 0.158. The van der Waals surface area contributed by atoms with Gasteiger partial charge in [-0.3, -0.25) is 14.9 Å². The third-order valence-corrected chi connectivity index (χ3v) is 5.46. The zero-order chi connectivity index (χ0) is 18.4. The molecule has 0 fully saturated rings. The molecule has 0 unspecified atom stereocenters. The van der Waals surface area contributed by atoms with Gasteiger partial charge >= 0.3 is 0 Å². The van der Waals surface area contributed by atoms with Crippen LogP contribution in [0.1, 0.15) is 27.1 Å². The molecule has 0 atom stereocenters. The summed E-state index contributed by atoms with van der Waals surface area (Å²) in [6.07, 6.45) is 2.45. The van der Waals surface area contributed by atoms with Crippen molar-refractivity contribution in [1.82, 2.24) is 9.88 Å². The number of fused-ring (bicyclic) bond motifs is 3. The summed E-state index contributed by atoms with van der Waals surface area (Å²) in [5, 5.41) is 12.7. The maximum atomic E-state index is 12.5. The van der Waals surface area contributed by atoms with Crippen molar-refractivity contribution >= 4 is 50.2 Å². The van der Waals surface area contributed by atoms with Crippen LogP contribution < -0.4 is 5.32 Å². The molecule has 1 aromatic heterocycles. The summed E-state index contributed by atoms with van der Waals surface area (Å²) in [6.45, 7) is 0.660. The number of nitrogens with zero attached hydrogens (tertiary/aromatic N) is 1. The van der Waals surface area contributed by atoms with Crippen LogP contribution in [-0.2, 0) is 6.54 Å². The Morgan fingerprint density at radius 2 is 1.85 bits per heavy atom. The molecule has 0 spiro atoms. The Balaban J connectivity index is 2.10. The number of carbonyl (C=O) groups is 2. The largest absolute Gasteiger partial charge is 0.396 e. The van der Waals surface area contributed by atoms with Gasteiger partial charge in [0.15, 0.2) is 0 Å². The molecule has 0 radical (unpaired) electrons. The van der Waals surface area contributed by atoms with Crippen molar-refractivity contribution in [3.8, 4) is 11.1 Å². The van der Waals surface area contributed by atoms with Gasteiger partial charge < -0.3 is 9.67 Å². The van der Waals surface area contributed by atoms with Gasteiger partial charge in [-0.1, -0.05) is 29.8 Å². The molecule has 2 heterocycles. The number of amides is 2. The Morgan fingerprint density at radius 3 is 2.58 bits per heavy atom. The van der Waals surface area contributed by atoms with Crippen molar-refractivity contribution in [2.45, 2.75) is 13.0 Å². The van der Waals surface area contributed by atoms with Gasteiger partial charge in [0.2, 0.25) is 0 Å². The van der Waals surface area contributed by atoms with E-state index in [1.54, 1.807) is 6.07 Å². The van der Waals surface area contributed by atoms with E-state index in [9.17, 15) is 9.59 Å². The SMILES string of the molecule is O=C1NC(=O)c2c1c(-c1ccccc1Cl)cc1c2c(Br)cn1CCCO. The first-order chi connectivity index (χ1) is 12.5. The van der Waals surface area contributed by atoms with Crippen molar-refractivity contribution in [3.63, 3.8) is 0 Å². The number of hydrogen-bond donors (Lipinski definition) is 2. The summed E-state index contributed by atoms with van der Waals surface area (Å²) in [7, 11) is 0. The van der Waals surface area contributed by atoms with Crippen LogP contribution in [0.5, 0.6) is 0 Å². The molecule has 2 amide bonds. The van der Waals surface area contributed by atoms with Gasteiger partial charge in [-0.15, -0.1) is 0 Å². The molecule has 2 aromatic carbocycles. The average molecular weight is 434 g/mol. The van der Waals surface area contributed by atoms with Gasteiger partial charge in [0.05, 0.1) is 16.6 Å². The number of aliphatic hydroxyl groups is 1. The minimum absolute atomic E-state index is 0.0680. The van der Waals surface area contributed by atoms with Gasteiger partial charge in [-0.2, -0.15) is 0 Å². The van der Waals surface area contributed by atoms with E-state index >= 15 is 0 Å². The Morgan fingerprint density at radius 1 is 1.12 bits per heavy atom. The molecule has 2 N–H and O–H groups in total. The van der Waals surface area contributed by atoms with E-state index in [0.29, 0.717) is 45.6 Å². The number of halogens is 2. The topological polar surface area (TPSA) is 71.3 Å². The second-order valence-corrected chi connectivity index (χ2v) is 7.34. The van der Waals surface area contributed by atoms with E-state index in [0.717, 1.165) is 9.99 Å². The number of aryl methyl sites for hydroxylation is 1. The van der Waals surface area contributed by atoms with Crippen molar-refractivity contribution in [3.05, 3.63) is 57.2 Å². The smallest absolute Gasteiger partial charge is 0.259 e. The standard InChI is InChI=1S/C19H14BrClN2O3/c20-12-9-23(6-3-7-24)14-8-11(10-4-1-2-5-13(10)21)15-17(16(12)14)19(26)22-18(15)25/h1-2,4-5,8-9,24H,3,6-7H2,(H,22,25,26). The molecule has 0 aliphatic carbocycles. The third kappa shape index (κ3) is 2.57. The van der Waals surface area contributed by atoms with Crippen LogP contribution in [-0.4, -0.2) is 28.1 Å². The third-order valence-electron chi connectivity index (χ3n) is 4.53. The van der Waals surface area contributed by atoms with E-state index in [-0.39, 0.29) is 6.61 Å². The van der Waals surface area contributed by atoms with Gasteiger partial charge in [0.1, 0.15) is 0 Å². The zero-order valence-corrected chi connectivity index (χ0v) is 15.9. The minimum Gasteiger partial charge on any atom is -0.396 e. The highest BCUT2D eigenvalue weighted by Gasteiger charge is 2.34. The van der Waals surface area contributed by atoms with Gasteiger partial charge in [0, 0.05) is 39.8 Å². The van der Waals surface area contributed by atoms with Crippen LogP contribution in [0.2, 0.25) is 5.02 Å². The normalized spacial score (nSPS) is 13.3. The molecule has 1 aliphatic heterocycles. The highest BCUT2D eigenvalue weighted by Crippen LogP contribution is 2.41. The number of nitrogens with one attached hydrogen (secondary N) is 1. The quantitative estimate of drug-likeness (QED) is 0.611. The van der Waals surface area contributed by atoms with E-state index < -0.39 is 11.8 Å². The molecule has 0 bridgehead atoms. The number of carbonyl (C=O) groups excluding carboxylic acids is 2. The summed E-state index contributed by atoms with van der Waals surface area (Å²) in [6, 6.07) is 9.12. The number of imide groups is 1. The summed E-state index contributed by atoms with van der Waals surface area (Å²) >= 11 is 9.86. The average Bonchev–Trinajstić information content (AvgIpc) is 3.09. The lowest BCUT2D eigenvalue weighted by atomic mass is 9.94. The first kappa shape index (κ1) is 17.3. The van der Waals surface area contributed by atoms with E-state index in [1.165, 1.54) is 0 Å². The number of aromatic nitrogens is 1. The van der Waals surface area contributed by atoms with Crippen LogP contribution >= 0.6 is 27.5 Å². The van der Waals surface area contributed by atoms with Crippen molar-refractivity contribution in [2.75, 3.05) is 6.61 Å². The zero-order valence-electron chi connectivity index (χ0n) is 13.6. The van der Waals surface area contributed by atoms with Crippen LogP contribution in [0.25, 0.3) is 22.0 Å². The molecule has 132 valence electrons. The summed E-state index contributed by atoms with van der Waals surface area (Å²) in [5.74, 6) is -0.832. The number of aliphatic hydroxyl groups excluding tert-OH is 1. The van der Waals surface area contributed by atoms with Gasteiger partial charge in [0.25, 0.3) is 11.8 Å². The number of benzene rings is 2. The lowest BCUT2D eigenvalue weighted by Crippen LogP contribution is -2.20. The second-order valence-electron chi connectivity index (χ2n) is 6.08. The second kappa shape index (κ2) is 6.54. The van der Waals surface area contributed by atoms with Crippen molar-refractivity contribution in [2.24, 2.45) is 0 Å². The molecular formula is C19H14BrClN2O3. The Kier molecular flexibility index (Phi) is 4.34. The van der Waals surface area contributed by atoms with Crippen molar-refractivity contribution in [1.29, 1.82) is 0 Å². The Labute approximate surface area is 162 Å². The van der Waals surface area contributed by atoms with Crippen molar-refractivity contribution < 1.29 is 14.7 Å². The molecule has 0 saturated heterocycles. The maximum Gasteiger partial charge on any atom is 0.259 e. The first-order valence-corrected chi connectivity index (χ1v) is 9.26. The molecular weight excluding hydrogens is 420 g/mol. The monoisotopic (exact) mass is 432 g/mol. The lowest BCUT2D eigenvalue weighted by molar-refractivity contribution is 0.0880. The number of hydrogen-bond acceptors (Lipinski definition) is 3. The van der Waals surface area contributed by atoms with Crippen LogP contribution in [0, 0.1) is 0 Å². The molecule has 1 aliphatic rings. The Hall–Kier alpha value is -2.15. The molecule has 0 saturated carbocycles. The van der Waals surface area contributed by atoms with Gasteiger partial charge in [-0.05, 0) is 40.0 Å². The van der Waals surface area contributed by atoms with E-state index in [4.69, 9.17) is 16.7 Å².